The van der Waals surface area contributed by atoms with Gasteiger partial charge in [0.2, 0.25) is 0 Å². The van der Waals surface area contributed by atoms with Crippen LogP contribution in [0.2, 0.25) is 0 Å². The van der Waals surface area contributed by atoms with Crippen LogP contribution in [0.4, 0.5) is 0 Å². The van der Waals surface area contributed by atoms with E-state index < -0.39 is 0 Å². The molecule has 0 aromatic carbocycles. The molecule has 0 aliphatic heterocycles. The molecule has 0 aromatic heterocycles. The van der Waals surface area contributed by atoms with Crippen molar-refractivity contribution in [2.75, 3.05) is 21.1 Å². The van der Waals surface area contributed by atoms with Gasteiger partial charge >= 0.3 is 5.97 Å². The third-order valence-corrected chi connectivity index (χ3v) is 2.73. The summed E-state index contributed by atoms with van der Waals surface area (Å²) in [7, 11) is 6.48. The van der Waals surface area contributed by atoms with E-state index >= 15 is 0 Å². The Morgan fingerprint density at radius 3 is 2.38 bits per heavy atom. The summed E-state index contributed by atoms with van der Waals surface area (Å²) in [5.41, 5.74) is 0. The second-order valence-corrected chi connectivity index (χ2v) is 4.76. The zero-order valence-corrected chi connectivity index (χ0v) is 9.04. The highest BCUT2D eigenvalue weighted by Gasteiger charge is 2.38. The van der Waals surface area contributed by atoms with E-state index in [-0.39, 0.29) is 12.1 Å². The molecule has 1 aliphatic rings. The smallest absolute Gasteiger partial charge is 0.303 e. The molecule has 0 amide bonds. The topological polar surface area (TPSA) is 26.3 Å². The maximum atomic E-state index is 10.8. The first-order valence-electron chi connectivity index (χ1n) is 4.89. The highest BCUT2D eigenvalue weighted by Crippen LogP contribution is 2.28. The van der Waals surface area contributed by atoms with Crippen LogP contribution in [0.5, 0.6) is 0 Å². The van der Waals surface area contributed by atoms with E-state index in [1.165, 1.54) is 19.8 Å². The zero-order chi connectivity index (χ0) is 10.1. The molecule has 2 atom stereocenters. The number of nitrogens with zero attached hydrogens (tertiary/aromatic N) is 1. The summed E-state index contributed by atoms with van der Waals surface area (Å²) >= 11 is 0. The molecule has 1 aliphatic carbocycles. The lowest BCUT2D eigenvalue weighted by Crippen LogP contribution is -2.50. The fraction of sp³-hybridized carbons (Fsp3) is 0.900. The molecule has 13 heavy (non-hydrogen) atoms. The molecule has 0 unspecified atom stereocenters. The van der Waals surface area contributed by atoms with Crippen LogP contribution in [0.3, 0.4) is 0 Å². The maximum absolute atomic E-state index is 10.8. The van der Waals surface area contributed by atoms with E-state index in [9.17, 15) is 4.79 Å². The number of carbonyl (C=O) groups is 1. The second-order valence-electron chi connectivity index (χ2n) is 4.76. The summed E-state index contributed by atoms with van der Waals surface area (Å²) in [6.07, 6.45) is 3.51. The van der Waals surface area contributed by atoms with Gasteiger partial charge in [-0.2, -0.15) is 0 Å². The molecule has 1 fully saturated rings. The zero-order valence-electron chi connectivity index (χ0n) is 9.04. The Kier molecular flexibility index (Phi) is 2.96. The van der Waals surface area contributed by atoms with Crippen molar-refractivity contribution < 1.29 is 14.0 Å². The number of esters is 1. The van der Waals surface area contributed by atoms with Crippen molar-refractivity contribution in [2.24, 2.45) is 0 Å². The van der Waals surface area contributed by atoms with Gasteiger partial charge in [0.25, 0.3) is 0 Å². The molecular formula is C10H20NO2+. The Bertz CT molecular complexity index is 196. The Hall–Kier alpha value is -0.570. The first-order valence-corrected chi connectivity index (χ1v) is 4.89. The first kappa shape index (κ1) is 10.5. The molecule has 0 bridgehead atoms. The fourth-order valence-corrected chi connectivity index (χ4v) is 2.14. The predicted octanol–water partition coefficient (Wildman–Crippen LogP) is 1.18. The van der Waals surface area contributed by atoms with Crippen LogP contribution in [-0.4, -0.2) is 43.7 Å². The lowest BCUT2D eigenvalue weighted by atomic mass is 10.1. The van der Waals surface area contributed by atoms with E-state index in [1.807, 2.05) is 0 Å². The van der Waals surface area contributed by atoms with E-state index in [2.05, 4.69) is 21.1 Å². The van der Waals surface area contributed by atoms with Gasteiger partial charge in [-0.3, -0.25) is 4.79 Å². The van der Waals surface area contributed by atoms with Crippen LogP contribution in [0.15, 0.2) is 0 Å². The molecule has 1 saturated carbocycles. The van der Waals surface area contributed by atoms with Crippen LogP contribution in [0.1, 0.15) is 26.2 Å². The van der Waals surface area contributed by atoms with Crippen molar-refractivity contribution in [3.05, 3.63) is 0 Å². The largest absolute Gasteiger partial charge is 0.456 e. The highest BCUT2D eigenvalue weighted by atomic mass is 16.5. The second kappa shape index (κ2) is 3.66. The van der Waals surface area contributed by atoms with Gasteiger partial charge in [-0.25, -0.2) is 0 Å². The summed E-state index contributed by atoms with van der Waals surface area (Å²) < 4.78 is 6.18. The van der Waals surface area contributed by atoms with Crippen molar-refractivity contribution in [1.29, 1.82) is 0 Å². The minimum atomic E-state index is -0.148. The molecular weight excluding hydrogens is 166 g/mol. The molecule has 0 saturated heterocycles. The summed E-state index contributed by atoms with van der Waals surface area (Å²) in [5.74, 6) is -0.148. The minimum Gasteiger partial charge on any atom is -0.456 e. The SMILES string of the molecule is CC(=O)O[C@@H]1CCC[C@H]1[N+](C)(C)C. The summed E-state index contributed by atoms with van der Waals surface area (Å²) in [4.78, 5) is 10.8. The standard InChI is InChI=1S/C10H20NO2/c1-8(12)13-10-7-5-6-9(10)11(2,3)4/h9-10H,5-7H2,1-4H3/q+1/t9-,10-/m1/s1. The molecule has 0 spiro atoms. The quantitative estimate of drug-likeness (QED) is 0.478. The molecule has 0 radical (unpaired) electrons. The molecule has 3 nitrogen and oxygen atoms in total. The number of rotatable bonds is 2. The fourth-order valence-electron chi connectivity index (χ4n) is 2.14. The van der Waals surface area contributed by atoms with Gasteiger partial charge in [0, 0.05) is 13.3 Å². The van der Waals surface area contributed by atoms with Crippen molar-refractivity contribution in [1.82, 2.24) is 0 Å². The average Bonchev–Trinajstić information content (AvgIpc) is 2.31. The lowest BCUT2D eigenvalue weighted by molar-refractivity contribution is -0.898. The first-order chi connectivity index (χ1) is 5.91. The van der Waals surface area contributed by atoms with Gasteiger partial charge in [0.1, 0.15) is 6.04 Å². The average molecular weight is 186 g/mol. The number of hydrogen-bond donors (Lipinski definition) is 0. The number of hydrogen-bond acceptors (Lipinski definition) is 2. The van der Waals surface area contributed by atoms with Crippen molar-refractivity contribution >= 4 is 5.97 Å². The van der Waals surface area contributed by atoms with Crippen molar-refractivity contribution in [3.8, 4) is 0 Å². The van der Waals surface area contributed by atoms with Crippen molar-refractivity contribution in [2.45, 2.75) is 38.3 Å². The van der Waals surface area contributed by atoms with E-state index in [0.29, 0.717) is 6.04 Å². The molecule has 0 aromatic rings. The molecule has 76 valence electrons. The Morgan fingerprint density at radius 2 is 1.92 bits per heavy atom. The van der Waals surface area contributed by atoms with Gasteiger partial charge in [0.05, 0.1) is 21.1 Å². The van der Waals surface area contributed by atoms with Gasteiger partial charge in [-0.15, -0.1) is 0 Å². The van der Waals surface area contributed by atoms with E-state index in [4.69, 9.17) is 4.74 Å². The van der Waals surface area contributed by atoms with E-state index in [1.54, 1.807) is 0 Å². The maximum Gasteiger partial charge on any atom is 0.303 e. The molecule has 1 rings (SSSR count). The van der Waals surface area contributed by atoms with Gasteiger partial charge in [-0.05, 0) is 12.8 Å². The van der Waals surface area contributed by atoms with Crippen LogP contribution < -0.4 is 0 Å². The number of quaternary nitrogens is 1. The highest BCUT2D eigenvalue weighted by molar-refractivity contribution is 5.66. The van der Waals surface area contributed by atoms with Crippen LogP contribution in [0, 0.1) is 0 Å². The number of ether oxygens (including phenoxy) is 1. The third-order valence-electron chi connectivity index (χ3n) is 2.73. The Labute approximate surface area is 80.3 Å². The van der Waals surface area contributed by atoms with Gasteiger partial charge in [-0.1, -0.05) is 0 Å². The lowest BCUT2D eigenvalue weighted by Gasteiger charge is -2.34. The Morgan fingerprint density at radius 1 is 1.31 bits per heavy atom. The van der Waals surface area contributed by atoms with Crippen LogP contribution in [-0.2, 0) is 9.53 Å². The molecule has 3 heteroatoms. The van der Waals surface area contributed by atoms with Crippen molar-refractivity contribution in [3.63, 3.8) is 0 Å². The summed E-state index contributed by atoms with van der Waals surface area (Å²) in [6, 6.07) is 0.476. The normalized spacial score (nSPS) is 28.9. The van der Waals surface area contributed by atoms with Gasteiger partial charge < -0.3 is 9.22 Å². The van der Waals surface area contributed by atoms with Crippen LogP contribution >= 0.6 is 0 Å². The molecule has 0 N–H and O–H groups in total. The minimum absolute atomic E-state index is 0.137. The van der Waals surface area contributed by atoms with E-state index in [0.717, 1.165) is 10.9 Å². The predicted molar refractivity (Wildman–Crippen MR) is 51.2 cm³/mol. The summed E-state index contributed by atoms with van der Waals surface area (Å²) in [5, 5.41) is 0. The van der Waals surface area contributed by atoms with Gasteiger partial charge in [0.15, 0.2) is 6.10 Å². The molecule has 0 heterocycles. The monoisotopic (exact) mass is 186 g/mol. The Balaban J connectivity index is 2.59. The summed E-state index contributed by atoms with van der Waals surface area (Å²) in [6.45, 7) is 1.49. The number of carbonyl (C=O) groups excluding carboxylic acids is 1. The van der Waals surface area contributed by atoms with Crippen LogP contribution in [0.25, 0.3) is 0 Å². The third kappa shape index (κ3) is 2.69. The number of likely N-dealkylation sites (N-methyl/N-ethyl adjacent to an activating group) is 1.